The first-order chi connectivity index (χ1) is 11.0. The minimum absolute atomic E-state index is 0.108. The lowest BCUT2D eigenvalue weighted by Crippen LogP contribution is -2.08. The first-order valence-corrected chi connectivity index (χ1v) is 6.85. The van der Waals surface area contributed by atoms with Gasteiger partial charge in [-0.15, -0.1) is 0 Å². The van der Waals surface area contributed by atoms with Crippen LogP contribution in [-0.4, -0.2) is 21.4 Å². The fraction of sp³-hybridized carbons (Fsp3) is 0.133. The van der Waals surface area contributed by atoms with E-state index in [-0.39, 0.29) is 11.5 Å². The van der Waals surface area contributed by atoms with Crippen molar-refractivity contribution in [2.45, 2.75) is 6.42 Å². The molecule has 3 rings (SSSR count). The molecule has 0 aliphatic carbocycles. The van der Waals surface area contributed by atoms with E-state index in [9.17, 15) is 18.9 Å². The van der Waals surface area contributed by atoms with Gasteiger partial charge < -0.3 is 10.3 Å². The maximum atomic E-state index is 13.5. The van der Waals surface area contributed by atoms with E-state index in [4.69, 9.17) is 0 Å². The Morgan fingerprint density at radius 2 is 2.09 bits per heavy atom. The fourth-order valence-corrected chi connectivity index (χ4v) is 2.31. The number of nitrogens with one attached hydrogen (secondary N) is 2. The molecule has 8 heteroatoms. The van der Waals surface area contributed by atoms with Gasteiger partial charge in [-0.3, -0.25) is 10.1 Å². The number of aromatic nitrogens is 2. The summed E-state index contributed by atoms with van der Waals surface area (Å²) in [7, 11) is 0. The normalized spacial score (nSPS) is 10.9. The molecular weight excluding hydrogens is 306 g/mol. The number of aromatic amines is 1. The third kappa shape index (κ3) is 3.10. The Bertz CT molecular complexity index is 879. The highest BCUT2D eigenvalue weighted by molar-refractivity contribution is 5.74. The quantitative estimate of drug-likeness (QED) is 0.558. The fourth-order valence-electron chi connectivity index (χ4n) is 2.31. The van der Waals surface area contributed by atoms with Crippen LogP contribution in [0.1, 0.15) is 5.82 Å². The molecule has 0 amide bonds. The first kappa shape index (κ1) is 14.9. The number of imidazole rings is 1. The van der Waals surface area contributed by atoms with Gasteiger partial charge in [0.1, 0.15) is 17.3 Å². The lowest BCUT2D eigenvalue weighted by molar-refractivity contribution is -0.386. The molecule has 0 unspecified atom stereocenters. The summed E-state index contributed by atoms with van der Waals surface area (Å²) in [4.78, 5) is 17.4. The van der Waals surface area contributed by atoms with Gasteiger partial charge in [0, 0.05) is 13.0 Å². The van der Waals surface area contributed by atoms with Crippen molar-refractivity contribution in [3.63, 3.8) is 0 Å². The van der Waals surface area contributed by atoms with Crippen LogP contribution >= 0.6 is 0 Å². The number of halogens is 2. The summed E-state index contributed by atoms with van der Waals surface area (Å²) in [5, 5.41) is 13.7. The van der Waals surface area contributed by atoms with Crippen LogP contribution in [0.25, 0.3) is 11.0 Å². The summed E-state index contributed by atoms with van der Waals surface area (Å²) < 4.78 is 26.6. The molecule has 2 N–H and O–H groups in total. The van der Waals surface area contributed by atoms with Crippen molar-refractivity contribution in [1.29, 1.82) is 0 Å². The van der Waals surface area contributed by atoms with Crippen LogP contribution in [0.3, 0.4) is 0 Å². The van der Waals surface area contributed by atoms with E-state index in [1.807, 2.05) is 0 Å². The zero-order valence-corrected chi connectivity index (χ0v) is 11.8. The highest BCUT2D eigenvalue weighted by atomic mass is 19.1. The zero-order chi connectivity index (χ0) is 16.4. The maximum Gasteiger partial charge on any atom is 0.327 e. The minimum atomic E-state index is -0.890. The molecule has 118 valence electrons. The van der Waals surface area contributed by atoms with Gasteiger partial charge in [0.25, 0.3) is 0 Å². The Hall–Kier alpha value is -3.03. The number of rotatable bonds is 5. The maximum absolute atomic E-state index is 13.5. The molecule has 0 fully saturated rings. The molecule has 0 saturated carbocycles. The number of nitrogens with zero attached hydrogens (tertiary/aromatic N) is 2. The lowest BCUT2D eigenvalue weighted by Gasteiger charge is -2.06. The van der Waals surface area contributed by atoms with Gasteiger partial charge in [-0.25, -0.2) is 9.37 Å². The van der Waals surface area contributed by atoms with Gasteiger partial charge in [-0.1, -0.05) is 6.07 Å². The number of nitro groups is 1. The summed E-state index contributed by atoms with van der Waals surface area (Å²) in [6.45, 7) is 0.312. The molecule has 0 aliphatic rings. The topological polar surface area (TPSA) is 83.8 Å². The predicted molar refractivity (Wildman–Crippen MR) is 81.3 cm³/mol. The Morgan fingerprint density at radius 3 is 2.87 bits per heavy atom. The van der Waals surface area contributed by atoms with Crippen molar-refractivity contribution >= 4 is 22.4 Å². The van der Waals surface area contributed by atoms with Crippen LogP contribution in [-0.2, 0) is 6.42 Å². The van der Waals surface area contributed by atoms with E-state index in [2.05, 4.69) is 15.3 Å². The molecule has 0 bridgehead atoms. The molecule has 0 aliphatic heterocycles. The highest BCUT2D eigenvalue weighted by Gasteiger charge is 2.19. The number of para-hydroxylation sites is 1. The third-order valence-corrected chi connectivity index (χ3v) is 3.34. The summed E-state index contributed by atoms with van der Waals surface area (Å²) in [5.41, 5.74) is 0.742. The van der Waals surface area contributed by atoms with E-state index in [0.717, 1.165) is 6.07 Å². The smallest absolute Gasteiger partial charge is 0.327 e. The number of nitro benzene ring substituents is 1. The van der Waals surface area contributed by atoms with E-state index in [0.29, 0.717) is 29.8 Å². The van der Waals surface area contributed by atoms with E-state index in [1.54, 1.807) is 6.07 Å². The molecule has 0 atom stereocenters. The second kappa shape index (κ2) is 5.99. The van der Waals surface area contributed by atoms with Crippen molar-refractivity contribution in [2.24, 2.45) is 0 Å². The van der Waals surface area contributed by atoms with Gasteiger partial charge in [0.2, 0.25) is 5.82 Å². The Morgan fingerprint density at radius 1 is 1.26 bits per heavy atom. The van der Waals surface area contributed by atoms with Crippen LogP contribution in [0.2, 0.25) is 0 Å². The number of hydrogen-bond acceptors (Lipinski definition) is 4. The number of hydrogen-bond donors (Lipinski definition) is 2. The van der Waals surface area contributed by atoms with Crippen LogP contribution in [0.15, 0.2) is 36.4 Å². The average molecular weight is 318 g/mol. The van der Waals surface area contributed by atoms with Crippen molar-refractivity contribution < 1.29 is 13.7 Å². The molecule has 0 spiro atoms. The van der Waals surface area contributed by atoms with Crippen LogP contribution < -0.4 is 5.32 Å². The summed E-state index contributed by atoms with van der Waals surface area (Å²) in [6.07, 6.45) is 0.421. The molecule has 1 aromatic heterocycles. The van der Waals surface area contributed by atoms with Gasteiger partial charge >= 0.3 is 5.69 Å². The van der Waals surface area contributed by atoms with E-state index in [1.165, 1.54) is 24.3 Å². The Labute approximate surface area is 129 Å². The minimum Gasteiger partial charge on any atom is -0.379 e. The second-order valence-corrected chi connectivity index (χ2v) is 4.91. The van der Waals surface area contributed by atoms with Crippen LogP contribution in [0, 0.1) is 21.7 Å². The number of H-pyrrole nitrogens is 1. The Kier molecular flexibility index (Phi) is 3.88. The van der Waals surface area contributed by atoms with Gasteiger partial charge in [0.15, 0.2) is 0 Å². The van der Waals surface area contributed by atoms with Crippen molar-refractivity contribution in [2.75, 3.05) is 11.9 Å². The number of anilines is 1. The van der Waals surface area contributed by atoms with E-state index >= 15 is 0 Å². The molecule has 0 radical (unpaired) electrons. The molecular formula is C15H12F2N4O2. The zero-order valence-electron chi connectivity index (χ0n) is 11.8. The molecule has 23 heavy (non-hydrogen) atoms. The second-order valence-electron chi connectivity index (χ2n) is 4.91. The summed E-state index contributed by atoms with van der Waals surface area (Å²) >= 11 is 0. The Balaban J connectivity index is 1.71. The highest BCUT2D eigenvalue weighted by Crippen LogP contribution is 2.27. The largest absolute Gasteiger partial charge is 0.379 e. The number of fused-ring (bicyclic) bond motifs is 1. The number of benzene rings is 2. The average Bonchev–Trinajstić information content (AvgIpc) is 2.88. The van der Waals surface area contributed by atoms with E-state index < -0.39 is 16.4 Å². The molecule has 3 aromatic rings. The molecule has 2 aromatic carbocycles. The lowest BCUT2D eigenvalue weighted by atomic mass is 10.2. The van der Waals surface area contributed by atoms with Crippen LogP contribution in [0.5, 0.6) is 0 Å². The van der Waals surface area contributed by atoms with Crippen molar-refractivity contribution in [3.05, 3.63) is 64.0 Å². The molecule has 1 heterocycles. The first-order valence-electron chi connectivity index (χ1n) is 6.85. The molecule has 0 saturated heterocycles. The van der Waals surface area contributed by atoms with Gasteiger partial charge in [0.05, 0.1) is 16.0 Å². The SMILES string of the molecule is O=[N+]([O-])c1c(F)cccc1NCCc1nc2ccc(F)cc2[nH]1. The van der Waals surface area contributed by atoms with Gasteiger partial charge in [-0.05, 0) is 30.3 Å². The van der Waals surface area contributed by atoms with Crippen LogP contribution in [0.4, 0.5) is 20.2 Å². The third-order valence-electron chi connectivity index (χ3n) is 3.34. The van der Waals surface area contributed by atoms with Gasteiger partial charge in [-0.2, -0.15) is 4.39 Å². The van der Waals surface area contributed by atoms with Crippen molar-refractivity contribution in [1.82, 2.24) is 9.97 Å². The summed E-state index contributed by atoms with van der Waals surface area (Å²) in [5.74, 6) is -0.641. The van der Waals surface area contributed by atoms with Crippen molar-refractivity contribution in [3.8, 4) is 0 Å². The summed E-state index contributed by atoms with van der Waals surface area (Å²) in [6, 6.07) is 8.11. The standard InChI is InChI=1S/C15H12F2N4O2/c16-9-4-5-11-13(8-9)20-14(19-11)6-7-18-12-3-1-2-10(17)15(12)21(22)23/h1-5,8,18H,6-7H2,(H,19,20). The predicted octanol–water partition coefficient (Wildman–Crippen LogP) is 3.40. The molecule has 6 nitrogen and oxygen atoms in total. The monoisotopic (exact) mass is 318 g/mol.